The number of hydrogen-bond acceptors (Lipinski definition) is 2. The second-order valence-corrected chi connectivity index (χ2v) is 4.01. The van der Waals surface area contributed by atoms with E-state index >= 15 is 0 Å². The molecule has 0 aliphatic rings. The summed E-state index contributed by atoms with van der Waals surface area (Å²) >= 11 is 4.16. The second-order valence-electron chi connectivity index (χ2n) is 3.57. The third-order valence-electron chi connectivity index (χ3n) is 2.59. The van der Waals surface area contributed by atoms with E-state index in [0.717, 1.165) is 22.9 Å². The van der Waals surface area contributed by atoms with Gasteiger partial charge in [0.05, 0.1) is 5.52 Å². The fourth-order valence-electron chi connectivity index (χ4n) is 1.79. The first-order valence-electron chi connectivity index (χ1n) is 4.92. The van der Waals surface area contributed by atoms with Crippen molar-refractivity contribution in [3.05, 3.63) is 46.2 Å². The maximum atomic E-state index is 11.9. The number of para-hydroxylation sites is 1. The minimum atomic E-state index is 0.0859. The van der Waals surface area contributed by atoms with E-state index in [4.69, 9.17) is 0 Å². The fraction of sp³-hybridized carbons (Fsp3) is 0.250. The number of thiol groups is 1. The number of aromatic nitrogens is 1. The molecule has 2 aromatic rings. The number of aryl methyl sites for hydroxylation is 2. The molecule has 15 heavy (non-hydrogen) atoms. The summed E-state index contributed by atoms with van der Waals surface area (Å²) in [5, 5.41) is 1.11. The molecule has 1 aromatic heterocycles. The summed E-state index contributed by atoms with van der Waals surface area (Å²) in [6, 6.07) is 9.88. The topological polar surface area (TPSA) is 22.0 Å². The Morgan fingerprint density at radius 3 is 2.80 bits per heavy atom. The third kappa shape index (κ3) is 1.79. The molecular formula is C12H13NOS. The van der Waals surface area contributed by atoms with Gasteiger partial charge in [0, 0.05) is 12.6 Å². The van der Waals surface area contributed by atoms with Crippen molar-refractivity contribution in [2.45, 2.75) is 6.42 Å². The molecule has 0 unspecified atom stereocenters. The van der Waals surface area contributed by atoms with Gasteiger partial charge in [0.25, 0.3) is 5.56 Å². The van der Waals surface area contributed by atoms with Gasteiger partial charge >= 0.3 is 0 Å². The number of hydrogen-bond donors (Lipinski definition) is 1. The Morgan fingerprint density at radius 1 is 1.33 bits per heavy atom. The Morgan fingerprint density at radius 2 is 2.07 bits per heavy atom. The molecule has 1 aromatic carbocycles. The molecule has 0 fully saturated rings. The molecule has 0 bridgehead atoms. The summed E-state index contributed by atoms with van der Waals surface area (Å²) in [7, 11) is 1.81. The van der Waals surface area contributed by atoms with Crippen LogP contribution < -0.4 is 5.56 Å². The van der Waals surface area contributed by atoms with Gasteiger partial charge in [-0.25, -0.2) is 0 Å². The quantitative estimate of drug-likeness (QED) is 0.767. The molecule has 1 heterocycles. The van der Waals surface area contributed by atoms with Crippen LogP contribution in [0.4, 0.5) is 0 Å². The monoisotopic (exact) mass is 219 g/mol. The Labute approximate surface area is 94.0 Å². The van der Waals surface area contributed by atoms with Crippen LogP contribution in [0.25, 0.3) is 10.9 Å². The minimum absolute atomic E-state index is 0.0859. The fourth-order valence-corrected chi connectivity index (χ4v) is 2.03. The molecule has 3 heteroatoms. The summed E-state index contributed by atoms with van der Waals surface area (Å²) in [5.41, 5.74) is 1.90. The lowest BCUT2D eigenvalue weighted by molar-refractivity contribution is 0.878. The van der Waals surface area contributed by atoms with Crippen molar-refractivity contribution >= 4 is 23.5 Å². The number of rotatable bonds is 2. The molecule has 0 aliphatic heterocycles. The maximum Gasteiger partial charge on any atom is 0.254 e. The minimum Gasteiger partial charge on any atom is -0.311 e. The first-order chi connectivity index (χ1) is 7.24. The van der Waals surface area contributed by atoms with E-state index < -0.39 is 0 Å². The smallest absolute Gasteiger partial charge is 0.254 e. The Kier molecular flexibility index (Phi) is 2.82. The van der Waals surface area contributed by atoms with Crippen molar-refractivity contribution in [1.29, 1.82) is 0 Å². The van der Waals surface area contributed by atoms with E-state index in [1.165, 1.54) is 0 Å². The van der Waals surface area contributed by atoms with Crippen LogP contribution in [-0.2, 0) is 13.5 Å². The molecule has 0 amide bonds. The van der Waals surface area contributed by atoms with Gasteiger partial charge < -0.3 is 4.57 Å². The van der Waals surface area contributed by atoms with Crippen molar-refractivity contribution < 1.29 is 0 Å². The summed E-state index contributed by atoms with van der Waals surface area (Å²) in [6.07, 6.45) is 0.723. The van der Waals surface area contributed by atoms with Gasteiger partial charge in [0.1, 0.15) is 0 Å². The second kappa shape index (κ2) is 4.11. The van der Waals surface area contributed by atoms with Crippen LogP contribution in [-0.4, -0.2) is 10.3 Å². The zero-order valence-corrected chi connectivity index (χ0v) is 9.50. The SMILES string of the molecule is Cn1c(=O)c(CCS)cc2ccccc21. The van der Waals surface area contributed by atoms with E-state index in [2.05, 4.69) is 12.6 Å². The highest BCUT2D eigenvalue weighted by Gasteiger charge is 2.04. The average Bonchev–Trinajstić information content (AvgIpc) is 2.26. The summed E-state index contributed by atoms with van der Waals surface area (Å²) < 4.78 is 1.70. The van der Waals surface area contributed by atoms with Crippen LogP contribution in [0.5, 0.6) is 0 Å². The number of benzene rings is 1. The largest absolute Gasteiger partial charge is 0.311 e. The van der Waals surface area contributed by atoms with Gasteiger partial charge in [-0.3, -0.25) is 4.79 Å². The number of fused-ring (bicyclic) bond motifs is 1. The molecule has 0 N–H and O–H groups in total. The molecule has 0 atom stereocenters. The Bertz CT molecular complexity index is 545. The van der Waals surface area contributed by atoms with Gasteiger partial charge in [-0.05, 0) is 29.7 Å². The average molecular weight is 219 g/mol. The van der Waals surface area contributed by atoms with Crippen LogP contribution in [0.3, 0.4) is 0 Å². The summed E-state index contributed by atoms with van der Waals surface area (Å²) in [6.45, 7) is 0. The lowest BCUT2D eigenvalue weighted by Gasteiger charge is -2.07. The lowest BCUT2D eigenvalue weighted by atomic mass is 10.1. The Balaban J connectivity index is 2.77. The first-order valence-corrected chi connectivity index (χ1v) is 5.56. The van der Waals surface area contributed by atoms with Gasteiger partial charge in [-0.15, -0.1) is 0 Å². The van der Waals surface area contributed by atoms with Gasteiger partial charge in [0.2, 0.25) is 0 Å². The number of nitrogens with zero attached hydrogens (tertiary/aromatic N) is 1. The third-order valence-corrected chi connectivity index (χ3v) is 2.81. The van der Waals surface area contributed by atoms with Crippen LogP contribution in [0, 0.1) is 0 Å². The predicted molar refractivity (Wildman–Crippen MR) is 66.7 cm³/mol. The molecule has 2 nitrogen and oxygen atoms in total. The van der Waals surface area contributed by atoms with Crippen LogP contribution in [0.15, 0.2) is 35.1 Å². The molecule has 0 saturated carbocycles. The molecule has 2 rings (SSSR count). The highest BCUT2D eigenvalue weighted by atomic mass is 32.1. The maximum absolute atomic E-state index is 11.9. The Hall–Kier alpha value is -1.22. The summed E-state index contributed by atoms with van der Waals surface area (Å²) in [4.78, 5) is 11.9. The van der Waals surface area contributed by atoms with Gasteiger partial charge in [-0.2, -0.15) is 12.6 Å². The van der Waals surface area contributed by atoms with Crippen molar-refractivity contribution in [2.75, 3.05) is 5.75 Å². The lowest BCUT2D eigenvalue weighted by Crippen LogP contribution is -2.21. The molecular weight excluding hydrogens is 206 g/mol. The molecule has 0 radical (unpaired) electrons. The van der Waals surface area contributed by atoms with E-state index in [0.29, 0.717) is 5.75 Å². The van der Waals surface area contributed by atoms with Crippen LogP contribution >= 0.6 is 12.6 Å². The normalized spacial score (nSPS) is 10.8. The highest BCUT2D eigenvalue weighted by molar-refractivity contribution is 7.80. The molecule has 78 valence electrons. The number of pyridine rings is 1. The van der Waals surface area contributed by atoms with Gasteiger partial charge in [0.15, 0.2) is 0 Å². The van der Waals surface area contributed by atoms with E-state index in [-0.39, 0.29) is 5.56 Å². The molecule has 0 spiro atoms. The molecule has 0 saturated heterocycles. The van der Waals surface area contributed by atoms with Crippen molar-refractivity contribution in [2.24, 2.45) is 7.05 Å². The summed E-state index contributed by atoms with van der Waals surface area (Å²) in [5.74, 6) is 0.702. The standard InChI is InChI=1S/C12H13NOS/c1-13-11-5-3-2-4-9(11)8-10(6-7-15)12(13)14/h2-5,8,15H,6-7H2,1H3. The van der Waals surface area contributed by atoms with E-state index in [1.54, 1.807) is 4.57 Å². The molecule has 0 aliphatic carbocycles. The van der Waals surface area contributed by atoms with E-state index in [1.807, 2.05) is 37.4 Å². The van der Waals surface area contributed by atoms with E-state index in [9.17, 15) is 4.79 Å². The van der Waals surface area contributed by atoms with Crippen LogP contribution in [0.1, 0.15) is 5.56 Å². The predicted octanol–water partition coefficient (Wildman–Crippen LogP) is 2.01. The zero-order chi connectivity index (χ0) is 10.8. The highest BCUT2D eigenvalue weighted by Crippen LogP contribution is 2.12. The van der Waals surface area contributed by atoms with Crippen LogP contribution in [0.2, 0.25) is 0 Å². The van der Waals surface area contributed by atoms with Crippen molar-refractivity contribution in [3.8, 4) is 0 Å². The first kappa shape index (κ1) is 10.3. The zero-order valence-electron chi connectivity index (χ0n) is 8.60. The van der Waals surface area contributed by atoms with Crippen molar-refractivity contribution in [3.63, 3.8) is 0 Å². The van der Waals surface area contributed by atoms with Crippen molar-refractivity contribution in [1.82, 2.24) is 4.57 Å². The van der Waals surface area contributed by atoms with Gasteiger partial charge in [-0.1, -0.05) is 18.2 Å².